The molecule has 1 aliphatic rings. The van der Waals surface area contributed by atoms with Crippen LogP contribution in [0.2, 0.25) is 5.02 Å². The molecule has 0 spiro atoms. The van der Waals surface area contributed by atoms with Gasteiger partial charge < -0.3 is 25.0 Å². The van der Waals surface area contributed by atoms with Gasteiger partial charge in [0.2, 0.25) is 0 Å². The Morgan fingerprint density at radius 1 is 1.14 bits per heavy atom. The number of nitrogens with zero attached hydrogens (tertiary/aromatic N) is 2. The van der Waals surface area contributed by atoms with Crippen molar-refractivity contribution in [2.45, 2.75) is 31.7 Å². The average Bonchev–Trinajstić information content (AvgIpc) is 3.65. The second kappa shape index (κ2) is 10.5. The summed E-state index contributed by atoms with van der Waals surface area (Å²) in [6, 6.07) is 16.0. The summed E-state index contributed by atoms with van der Waals surface area (Å²) in [5, 5.41) is 12.9. The molecule has 0 aliphatic heterocycles. The van der Waals surface area contributed by atoms with Crippen molar-refractivity contribution in [3.05, 3.63) is 76.4 Å². The molecule has 0 bridgehead atoms. The van der Waals surface area contributed by atoms with E-state index in [9.17, 15) is 9.90 Å². The molecular weight excluding hydrogens is 474 g/mol. The summed E-state index contributed by atoms with van der Waals surface area (Å²) in [5.74, 6) is 0.655. The number of nitrogens with two attached hydrogens (primary N) is 1. The van der Waals surface area contributed by atoms with E-state index in [0.29, 0.717) is 41.8 Å². The zero-order valence-corrected chi connectivity index (χ0v) is 21.3. The van der Waals surface area contributed by atoms with Gasteiger partial charge in [0.1, 0.15) is 5.75 Å². The van der Waals surface area contributed by atoms with Gasteiger partial charge in [0.15, 0.2) is 0 Å². The number of benzene rings is 3. The zero-order chi connectivity index (χ0) is 25.2. The van der Waals surface area contributed by atoms with Gasteiger partial charge in [-0.2, -0.15) is 0 Å². The number of primary amides is 1. The molecule has 5 rings (SSSR count). The first-order valence-corrected chi connectivity index (χ1v) is 12.9. The van der Waals surface area contributed by atoms with Gasteiger partial charge in [-0.3, -0.25) is 4.79 Å². The Morgan fingerprint density at radius 3 is 2.72 bits per heavy atom. The number of amides is 1. The summed E-state index contributed by atoms with van der Waals surface area (Å²) in [6.45, 7) is 2.95. The number of aromatic nitrogens is 1. The Bertz CT molecular complexity index is 1410. The second-order valence-electron chi connectivity index (χ2n) is 9.73. The lowest BCUT2D eigenvalue weighted by Gasteiger charge is -2.16. The predicted molar refractivity (Wildman–Crippen MR) is 145 cm³/mol. The van der Waals surface area contributed by atoms with Crippen molar-refractivity contribution in [2.24, 2.45) is 5.73 Å². The van der Waals surface area contributed by atoms with Gasteiger partial charge >= 0.3 is 0 Å². The van der Waals surface area contributed by atoms with Gasteiger partial charge in [0.05, 0.1) is 18.8 Å². The molecule has 4 aromatic rings. The van der Waals surface area contributed by atoms with Gasteiger partial charge in [0.25, 0.3) is 5.91 Å². The zero-order valence-electron chi connectivity index (χ0n) is 20.5. The third-order valence-electron chi connectivity index (χ3n) is 7.04. The topological polar surface area (TPSA) is 80.7 Å². The quantitative estimate of drug-likeness (QED) is 0.301. The second-order valence-corrected chi connectivity index (χ2v) is 10.2. The first-order chi connectivity index (χ1) is 17.4. The third kappa shape index (κ3) is 5.36. The first kappa shape index (κ1) is 24.6. The van der Waals surface area contributed by atoms with Crippen LogP contribution in [-0.2, 0) is 13.0 Å². The fourth-order valence-electron chi connectivity index (χ4n) is 4.83. The van der Waals surface area contributed by atoms with Crippen LogP contribution < -0.4 is 10.5 Å². The molecule has 1 heterocycles. The minimum Gasteiger partial charge on any atom is -0.492 e. The van der Waals surface area contributed by atoms with E-state index in [1.54, 1.807) is 6.07 Å². The maximum atomic E-state index is 12.1. The number of hydrogen-bond donors (Lipinski definition) is 2. The van der Waals surface area contributed by atoms with Gasteiger partial charge in [-0.1, -0.05) is 29.8 Å². The smallest absolute Gasteiger partial charge is 0.252 e. The normalized spacial score (nSPS) is 13.7. The number of aliphatic hydroxyl groups excluding tert-OH is 1. The molecule has 1 aromatic heterocycles. The van der Waals surface area contributed by atoms with E-state index in [-0.39, 0.29) is 6.61 Å². The Labute approximate surface area is 216 Å². The highest BCUT2D eigenvalue weighted by molar-refractivity contribution is 6.31. The van der Waals surface area contributed by atoms with Crippen molar-refractivity contribution in [3.8, 4) is 5.75 Å². The molecule has 36 heavy (non-hydrogen) atoms. The highest BCUT2D eigenvalue weighted by atomic mass is 35.5. The van der Waals surface area contributed by atoms with Crippen LogP contribution in [0, 0.1) is 0 Å². The van der Waals surface area contributed by atoms with Gasteiger partial charge in [-0.15, -0.1) is 0 Å². The van der Waals surface area contributed by atoms with E-state index >= 15 is 0 Å². The monoisotopic (exact) mass is 505 g/mol. The summed E-state index contributed by atoms with van der Waals surface area (Å²) >= 11 is 6.11. The van der Waals surface area contributed by atoms with Crippen LogP contribution in [0.4, 0.5) is 0 Å². The summed E-state index contributed by atoms with van der Waals surface area (Å²) in [7, 11) is 2.03. The number of carbonyl (C=O) groups excluding carboxylic acids is 1. The summed E-state index contributed by atoms with van der Waals surface area (Å²) in [6.07, 6.45) is 5.46. The summed E-state index contributed by atoms with van der Waals surface area (Å²) < 4.78 is 8.44. The number of likely N-dealkylation sites (N-methyl/N-ethyl adjacent to an activating group) is 1. The lowest BCUT2D eigenvalue weighted by molar-refractivity contribution is 0.0996. The van der Waals surface area contributed by atoms with E-state index < -0.39 is 5.91 Å². The molecule has 1 saturated carbocycles. The molecule has 0 radical (unpaired) electrons. The van der Waals surface area contributed by atoms with Crippen LogP contribution in [0.15, 0.2) is 54.7 Å². The van der Waals surface area contributed by atoms with E-state index in [1.165, 1.54) is 34.9 Å². The average molecular weight is 506 g/mol. The molecule has 1 fully saturated rings. The molecule has 1 amide bonds. The van der Waals surface area contributed by atoms with E-state index in [2.05, 4.69) is 33.9 Å². The third-order valence-corrected chi connectivity index (χ3v) is 7.27. The highest BCUT2D eigenvalue weighted by Gasteiger charge is 2.24. The molecule has 0 saturated heterocycles. The number of aliphatic hydroxyl groups is 1. The molecule has 0 atom stereocenters. The number of ether oxygens (including phenoxy) is 1. The Balaban J connectivity index is 1.37. The molecule has 1 aliphatic carbocycles. The van der Waals surface area contributed by atoms with Crippen LogP contribution in [0.5, 0.6) is 5.75 Å². The Hall–Kier alpha value is -3.06. The first-order valence-electron chi connectivity index (χ1n) is 12.5. The van der Waals surface area contributed by atoms with Crippen molar-refractivity contribution in [2.75, 3.05) is 33.4 Å². The van der Waals surface area contributed by atoms with Crippen molar-refractivity contribution >= 4 is 39.2 Å². The largest absolute Gasteiger partial charge is 0.492 e. The maximum absolute atomic E-state index is 12.1. The van der Waals surface area contributed by atoms with Crippen LogP contribution in [0.3, 0.4) is 0 Å². The van der Waals surface area contributed by atoms with Crippen molar-refractivity contribution in [1.82, 2.24) is 9.47 Å². The maximum Gasteiger partial charge on any atom is 0.252 e. The van der Waals surface area contributed by atoms with Crippen molar-refractivity contribution < 1.29 is 14.6 Å². The molecular formula is C29H32ClN3O3. The van der Waals surface area contributed by atoms with Crippen LogP contribution in [-0.4, -0.2) is 53.8 Å². The lowest BCUT2D eigenvalue weighted by atomic mass is 10.0. The van der Waals surface area contributed by atoms with E-state index in [4.69, 9.17) is 22.1 Å². The van der Waals surface area contributed by atoms with Crippen LogP contribution in [0.25, 0.3) is 21.7 Å². The van der Waals surface area contributed by atoms with Crippen LogP contribution in [0.1, 0.15) is 40.2 Å². The highest BCUT2D eigenvalue weighted by Crippen LogP contribution is 2.41. The summed E-state index contributed by atoms with van der Waals surface area (Å²) in [4.78, 5) is 14.2. The van der Waals surface area contributed by atoms with Gasteiger partial charge in [-0.25, -0.2) is 0 Å². The minimum atomic E-state index is -0.525. The molecule has 3 N–H and O–H groups in total. The van der Waals surface area contributed by atoms with Gasteiger partial charge in [-0.05, 0) is 78.0 Å². The summed E-state index contributed by atoms with van der Waals surface area (Å²) in [5.41, 5.74) is 9.88. The van der Waals surface area contributed by atoms with E-state index in [1.807, 2.05) is 31.3 Å². The molecule has 6 nitrogen and oxygen atoms in total. The standard InChI is InChI=1S/C29H32ClN3O3/c1-32(11-12-34)9-10-33-18-22(25-7-5-20(16-27(25)33)19-2-3-19)8-13-36-28-17-21-4-6-24(30)14-23(21)15-26(28)29(31)35/h4-7,14-19,34H,2-3,8-13H2,1H3,(H2,31,35). The number of hydrogen-bond acceptors (Lipinski definition) is 4. The van der Waals surface area contributed by atoms with Crippen LogP contribution >= 0.6 is 11.6 Å². The fourth-order valence-corrected chi connectivity index (χ4v) is 5.01. The van der Waals surface area contributed by atoms with Crippen molar-refractivity contribution in [3.63, 3.8) is 0 Å². The molecule has 188 valence electrons. The fraction of sp³-hybridized carbons (Fsp3) is 0.345. The number of carbonyl (C=O) groups is 1. The minimum absolute atomic E-state index is 0.159. The SMILES string of the molecule is CN(CCO)CCn1cc(CCOc2cc3ccc(Cl)cc3cc2C(N)=O)c2ccc(C3CC3)cc21. The Morgan fingerprint density at radius 2 is 1.97 bits per heavy atom. The number of rotatable bonds is 11. The lowest BCUT2D eigenvalue weighted by Crippen LogP contribution is -2.26. The number of halogens is 1. The molecule has 7 heteroatoms. The van der Waals surface area contributed by atoms with Crippen molar-refractivity contribution in [1.29, 1.82) is 0 Å². The molecule has 0 unspecified atom stereocenters. The molecule has 3 aromatic carbocycles. The van der Waals surface area contributed by atoms with Gasteiger partial charge in [0, 0.05) is 48.2 Å². The number of fused-ring (bicyclic) bond motifs is 2. The predicted octanol–water partition coefficient (Wildman–Crippen LogP) is 4.97. The van der Waals surface area contributed by atoms with E-state index in [0.717, 1.165) is 23.9 Å². The Kier molecular flexibility index (Phi) is 7.19.